The number of carbonyl (C=O) groups excluding carboxylic acids is 2. The van der Waals surface area contributed by atoms with Crippen molar-refractivity contribution in [3.8, 4) is 11.5 Å². The predicted octanol–water partition coefficient (Wildman–Crippen LogP) is 4.88. The smallest absolute Gasteiger partial charge is 0.413 e. The van der Waals surface area contributed by atoms with Crippen LogP contribution in [0.4, 0.5) is 26.9 Å². The number of nitrogens with zero attached hydrogens (tertiary/aromatic N) is 1. The summed E-state index contributed by atoms with van der Waals surface area (Å²) in [6, 6.07) is 17.3. The second-order valence-corrected chi connectivity index (χ2v) is 6.97. The highest BCUT2D eigenvalue weighted by molar-refractivity contribution is 6.00. The molecule has 0 saturated carbocycles. The Morgan fingerprint density at radius 3 is 2.35 bits per heavy atom. The van der Waals surface area contributed by atoms with Crippen LogP contribution in [0, 0.1) is 0 Å². The molecular weight excluding hydrogens is 442 g/mol. The summed E-state index contributed by atoms with van der Waals surface area (Å²) in [6.07, 6.45) is -0.633. The number of rotatable bonds is 6. The van der Waals surface area contributed by atoms with Gasteiger partial charge in [-0.3, -0.25) is 5.32 Å². The molecule has 3 aromatic carbocycles. The monoisotopic (exact) mass is 461 g/mol. The number of amides is 3. The third-order valence-electron chi connectivity index (χ3n) is 4.58. The SMILES string of the molecule is COC(=O)Nc1nc2cc(Oc3ccc(NC(=O)Nc4cccc(C(=O)O)c4)cc3)ccc2[nH]1. The lowest BCUT2D eigenvalue weighted by molar-refractivity contribution is 0.0696. The fourth-order valence-corrected chi connectivity index (χ4v) is 3.02. The summed E-state index contributed by atoms with van der Waals surface area (Å²) in [6.45, 7) is 0. The molecule has 0 aliphatic heterocycles. The van der Waals surface area contributed by atoms with Gasteiger partial charge in [-0.25, -0.2) is 19.4 Å². The van der Waals surface area contributed by atoms with Crippen LogP contribution in [-0.2, 0) is 4.74 Å². The van der Waals surface area contributed by atoms with Gasteiger partial charge in [-0.1, -0.05) is 6.07 Å². The Morgan fingerprint density at radius 1 is 0.882 bits per heavy atom. The van der Waals surface area contributed by atoms with Crippen molar-refractivity contribution >= 4 is 46.5 Å². The van der Waals surface area contributed by atoms with E-state index in [4.69, 9.17) is 9.84 Å². The van der Waals surface area contributed by atoms with Gasteiger partial charge in [-0.15, -0.1) is 0 Å². The minimum Gasteiger partial charge on any atom is -0.478 e. The molecule has 0 radical (unpaired) electrons. The normalized spacial score (nSPS) is 10.4. The molecule has 4 rings (SSSR count). The van der Waals surface area contributed by atoms with Gasteiger partial charge in [0.15, 0.2) is 0 Å². The van der Waals surface area contributed by atoms with Crippen molar-refractivity contribution in [2.24, 2.45) is 0 Å². The van der Waals surface area contributed by atoms with Crippen LogP contribution in [0.15, 0.2) is 66.7 Å². The van der Waals surface area contributed by atoms with Crippen LogP contribution < -0.4 is 20.7 Å². The van der Waals surface area contributed by atoms with Gasteiger partial charge in [-0.05, 0) is 54.6 Å². The number of aromatic carboxylic acids is 1. The number of ether oxygens (including phenoxy) is 2. The van der Waals surface area contributed by atoms with Crippen molar-refractivity contribution in [2.45, 2.75) is 0 Å². The summed E-state index contributed by atoms with van der Waals surface area (Å²) < 4.78 is 10.4. The quantitative estimate of drug-likeness (QED) is 0.274. The van der Waals surface area contributed by atoms with Crippen molar-refractivity contribution < 1.29 is 29.0 Å². The van der Waals surface area contributed by atoms with Crippen LogP contribution in [0.2, 0.25) is 0 Å². The maximum absolute atomic E-state index is 12.2. The molecule has 0 fully saturated rings. The number of hydrogen-bond donors (Lipinski definition) is 5. The minimum atomic E-state index is -1.08. The summed E-state index contributed by atoms with van der Waals surface area (Å²) >= 11 is 0. The molecule has 11 heteroatoms. The molecule has 0 bridgehead atoms. The van der Waals surface area contributed by atoms with Crippen LogP contribution in [-0.4, -0.2) is 40.3 Å². The lowest BCUT2D eigenvalue weighted by atomic mass is 10.2. The average Bonchev–Trinajstić information content (AvgIpc) is 3.21. The number of urea groups is 1. The van der Waals surface area contributed by atoms with Crippen LogP contribution in [0.25, 0.3) is 11.0 Å². The average molecular weight is 461 g/mol. The van der Waals surface area contributed by atoms with Gasteiger partial charge in [0.1, 0.15) is 11.5 Å². The Balaban J connectivity index is 1.37. The van der Waals surface area contributed by atoms with E-state index in [1.54, 1.807) is 54.6 Å². The van der Waals surface area contributed by atoms with E-state index in [2.05, 4.69) is 30.7 Å². The highest BCUT2D eigenvalue weighted by atomic mass is 16.5. The van der Waals surface area contributed by atoms with Crippen molar-refractivity contribution in [2.75, 3.05) is 23.1 Å². The third kappa shape index (κ3) is 5.40. The van der Waals surface area contributed by atoms with E-state index in [9.17, 15) is 14.4 Å². The highest BCUT2D eigenvalue weighted by Crippen LogP contribution is 2.26. The van der Waals surface area contributed by atoms with Crippen LogP contribution in [0.3, 0.4) is 0 Å². The lowest BCUT2D eigenvalue weighted by Crippen LogP contribution is -2.19. The van der Waals surface area contributed by atoms with Crippen LogP contribution >= 0.6 is 0 Å². The number of fused-ring (bicyclic) bond motifs is 1. The van der Waals surface area contributed by atoms with Crippen LogP contribution in [0.5, 0.6) is 11.5 Å². The largest absolute Gasteiger partial charge is 0.478 e. The van der Waals surface area contributed by atoms with E-state index >= 15 is 0 Å². The number of nitrogens with one attached hydrogen (secondary N) is 4. The fraction of sp³-hybridized carbons (Fsp3) is 0.0435. The van der Waals surface area contributed by atoms with Crippen molar-refractivity contribution in [3.63, 3.8) is 0 Å². The molecule has 0 saturated heterocycles. The van der Waals surface area contributed by atoms with Gasteiger partial charge in [0.25, 0.3) is 0 Å². The second-order valence-electron chi connectivity index (χ2n) is 6.97. The summed E-state index contributed by atoms with van der Waals surface area (Å²) in [5, 5.41) is 16.8. The molecule has 34 heavy (non-hydrogen) atoms. The standard InChI is InChI=1S/C23H19N5O6/c1-33-23(32)28-21-26-18-10-9-17(12-19(18)27-21)34-16-7-5-14(6-8-16)24-22(31)25-15-4-2-3-13(11-15)20(29)30/h2-12H,1H3,(H,29,30)(H2,24,25,31)(H2,26,27,28,32). The first-order chi connectivity index (χ1) is 16.4. The number of aromatic nitrogens is 2. The topological polar surface area (TPSA) is 155 Å². The van der Waals surface area contributed by atoms with E-state index in [1.165, 1.54) is 19.2 Å². The molecule has 11 nitrogen and oxygen atoms in total. The molecule has 3 amide bonds. The van der Waals surface area contributed by atoms with Crippen molar-refractivity contribution in [1.82, 2.24) is 9.97 Å². The molecule has 0 aliphatic rings. The molecule has 5 N–H and O–H groups in total. The molecule has 4 aromatic rings. The Bertz CT molecular complexity index is 1370. The maximum Gasteiger partial charge on any atom is 0.413 e. The van der Waals surface area contributed by atoms with Gasteiger partial charge in [0.05, 0.1) is 23.7 Å². The Morgan fingerprint density at radius 2 is 1.62 bits per heavy atom. The molecule has 172 valence electrons. The van der Waals surface area contributed by atoms with E-state index < -0.39 is 18.1 Å². The van der Waals surface area contributed by atoms with Gasteiger partial charge in [-0.2, -0.15) is 0 Å². The molecule has 1 aromatic heterocycles. The first-order valence-corrected chi connectivity index (χ1v) is 9.93. The predicted molar refractivity (Wildman–Crippen MR) is 125 cm³/mol. The zero-order valence-electron chi connectivity index (χ0n) is 17.8. The zero-order chi connectivity index (χ0) is 24.1. The van der Waals surface area contributed by atoms with Gasteiger partial charge < -0.3 is 30.2 Å². The van der Waals surface area contributed by atoms with Gasteiger partial charge in [0.2, 0.25) is 5.95 Å². The van der Waals surface area contributed by atoms with E-state index in [0.717, 1.165) is 0 Å². The molecule has 1 heterocycles. The third-order valence-corrected chi connectivity index (χ3v) is 4.58. The van der Waals surface area contributed by atoms with Gasteiger partial charge in [0, 0.05) is 17.4 Å². The Kier molecular flexibility index (Phi) is 6.26. The van der Waals surface area contributed by atoms with E-state index in [0.29, 0.717) is 33.9 Å². The molecule has 0 atom stereocenters. The summed E-state index contributed by atoms with van der Waals surface area (Å²) in [5.74, 6) is 0.232. The number of carboxylic acids is 1. The summed E-state index contributed by atoms with van der Waals surface area (Å²) in [7, 11) is 1.26. The summed E-state index contributed by atoms with van der Waals surface area (Å²) in [4.78, 5) is 41.8. The number of methoxy groups -OCH3 is 1. The minimum absolute atomic E-state index is 0.0725. The maximum atomic E-state index is 12.2. The Hall–Kier alpha value is -5.06. The summed E-state index contributed by atoms with van der Waals surface area (Å²) in [5.41, 5.74) is 2.24. The first kappa shape index (κ1) is 22.1. The molecular formula is C23H19N5O6. The number of H-pyrrole nitrogens is 1. The zero-order valence-corrected chi connectivity index (χ0v) is 17.8. The molecule has 0 spiro atoms. The lowest BCUT2D eigenvalue weighted by Gasteiger charge is -2.10. The van der Waals surface area contributed by atoms with Gasteiger partial charge >= 0.3 is 18.1 Å². The fourth-order valence-electron chi connectivity index (χ4n) is 3.02. The molecule has 0 unspecified atom stereocenters. The van der Waals surface area contributed by atoms with Crippen molar-refractivity contribution in [1.29, 1.82) is 0 Å². The Labute approximate surface area is 192 Å². The number of hydrogen-bond acceptors (Lipinski definition) is 6. The number of aromatic amines is 1. The number of carboxylic acid groups (broad SMARTS) is 1. The van der Waals surface area contributed by atoms with Crippen molar-refractivity contribution in [3.05, 3.63) is 72.3 Å². The number of imidazole rings is 1. The first-order valence-electron chi connectivity index (χ1n) is 9.93. The number of benzene rings is 3. The number of anilines is 3. The van der Waals surface area contributed by atoms with E-state index in [-0.39, 0.29) is 11.5 Å². The number of carbonyl (C=O) groups is 3. The molecule has 0 aliphatic carbocycles. The van der Waals surface area contributed by atoms with Crippen LogP contribution in [0.1, 0.15) is 10.4 Å². The second kappa shape index (κ2) is 9.61. The van der Waals surface area contributed by atoms with E-state index in [1.807, 2.05) is 0 Å². The highest BCUT2D eigenvalue weighted by Gasteiger charge is 2.09.